The Labute approximate surface area is 120 Å². The van der Waals surface area contributed by atoms with Crippen LogP contribution in [0.2, 0.25) is 5.02 Å². The van der Waals surface area contributed by atoms with Crippen LogP contribution in [0.25, 0.3) is 5.65 Å². The van der Waals surface area contributed by atoms with Crippen molar-refractivity contribution in [2.45, 2.75) is 6.54 Å². The van der Waals surface area contributed by atoms with Crippen LogP contribution < -0.4 is 5.32 Å². The Morgan fingerprint density at radius 2 is 2.10 bits per heavy atom. The van der Waals surface area contributed by atoms with Gasteiger partial charge in [-0.1, -0.05) is 11.6 Å². The summed E-state index contributed by atoms with van der Waals surface area (Å²) in [6, 6.07) is 9.28. The molecule has 0 saturated carbocycles. The first kappa shape index (κ1) is 12.5. The highest BCUT2D eigenvalue weighted by Gasteiger charge is 2.04. The molecular formula is C14H10ClN5. The zero-order chi connectivity index (χ0) is 13.9. The van der Waals surface area contributed by atoms with Gasteiger partial charge in [-0.05, 0) is 24.3 Å². The number of nitrogens with zero attached hydrogens (tertiary/aromatic N) is 4. The fraction of sp³-hybridized carbons (Fsp3) is 0.0714. The van der Waals surface area contributed by atoms with Crippen LogP contribution in [-0.2, 0) is 6.54 Å². The highest BCUT2D eigenvalue weighted by atomic mass is 35.5. The Morgan fingerprint density at radius 3 is 2.85 bits per heavy atom. The summed E-state index contributed by atoms with van der Waals surface area (Å²) in [5.74, 6) is 0.737. The largest absolute Gasteiger partial charge is 0.364 e. The summed E-state index contributed by atoms with van der Waals surface area (Å²) in [7, 11) is 0. The maximum Gasteiger partial charge on any atom is 0.137 e. The molecule has 0 aliphatic rings. The van der Waals surface area contributed by atoms with E-state index in [1.165, 1.54) is 0 Å². The smallest absolute Gasteiger partial charge is 0.137 e. The number of halogens is 1. The topological polar surface area (TPSA) is 66.0 Å². The number of nitrogens with one attached hydrogen (secondary N) is 1. The zero-order valence-electron chi connectivity index (χ0n) is 10.4. The predicted octanol–water partition coefficient (Wildman–Crippen LogP) is 2.87. The Bertz CT molecular complexity index is 785. The van der Waals surface area contributed by atoms with Crippen molar-refractivity contribution >= 4 is 23.1 Å². The van der Waals surface area contributed by atoms with Gasteiger partial charge < -0.3 is 9.72 Å². The lowest BCUT2D eigenvalue weighted by Gasteiger charge is -2.05. The van der Waals surface area contributed by atoms with Crippen LogP contribution >= 0.6 is 11.6 Å². The Kier molecular flexibility index (Phi) is 3.23. The van der Waals surface area contributed by atoms with Gasteiger partial charge in [0.2, 0.25) is 0 Å². The number of aromatic nitrogens is 3. The molecule has 20 heavy (non-hydrogen) atoms. The van der Waals surface area contributed by atoms with Crippen molar-refractivity contribution in [3.05, 3.63) is 59.1 Å². The molecule has 0 aromatic carbocycles. The number of pyridine rings is 2. The standard InChI is InChI=1S/C14H10ClN5/c15-11-2-3-13(17-6-11)18-7-12-8-19-14-4-1-10(5-16)9-20(12)14/h1-4,6,8-9H,7H2,(H,17,18). The first-order chi connectivity index (χ1) is 9.76. The van der Waals surface area contributed by atoms with Gasteiger partial charge >= 0.3 is 0 Å². The van der Waals surface area contributed by atoms with Gasteiger partial charge in [0, 0.05) is 12.4 Å². The molecular weight excluding hydrogens is 274 g/mol. The quantitative estimate of drug-likeness (QED) is 0.803. The molecule has 5 nitrogen and oxygen atoms in total. The van der Waals surface area contributed by atoms with Gasteiger partial charge in [-0.25, -0.2) is 9.97 Å². The molecule has 0 spiro atoms. The third kappa shape index (κ3) is 2.42. The summed E-state index contributed by atoms with van der Waals surface area (Å²) in [4.78, 5) is 8.46. The van der Waals surface area contributed by atoms with Crippen molar-refractivity contribution in [3.8, 4) is 6.07 Å². The van der Waals surface area contributed by atoms with E-state index in [-0.39, 0.29) is 0 Å². The molecule has 3 heterocycles. The molecule has 0 radical (unpaired) electrons. The number of hydrogen-bond donors (Lipinski definition) is 1. The zero-order valence-corrected chi connectivity index (χ0v) is 11.2. The Balaban J connectivity index is 1.84. The number of imidazole rings is 1. The summed E-state index contributed by atoms with van der Waals surface area (Å²) in [6.45, 7) is 0.560. The van der Waals surface area contributed by atoms with Gasteiger partial charge in [-0.3, -0.25) is 0 Å². The first-order valence-corrected chi connectivity index (χ1v) is 6.35. The van der Waals surface area contributed by atoms with Crippen LogP contribution in [0.3, 0.4) is 0 Å². The fourth-order valence-electron chi connectivity index (χ4n) is 1.89. The molecule has 0 aliphatic carbocycles. The molecule has 1 N–H and O–H groups in total. The van der Waals surface area contributed by atoms with E-state index in [1.54, 1.807) is 30.7 Å². The molecule has 3 aromatic heterocycles. The SMILES string of the molecule is N#Cc1ccc2ncc(CNc3ccc(Cl)cn3)n2c1. The van der Waals surface area contributed by atoms with Crippen LogP contribution in [0.4, 0.5) is 5.82 Å². The number of anilines is 1. The monoisotopic (exact) mass is 283 g/mol. The number of nitriles is 1. The number of hydrogen-bond acceptors (Lipinski definition) is 4. The number of fused-ring (bicyclic) bond motifs is 1. The molecule has 0 unspecified atom stereocenters. The minimum Gasteiger partial charge on any atom is -0.364 e. The summed E-state index contributed by atoms with van der Waals surface area (Å²) >= 11 is 5.79. The maximum absolute atomic E-state index is 8.94. The summed E-state index contributed by atoms with van der Waals surface area (Å²) in [6.07, 6.45) is 5.14. The lowest BCUT2D eigenvalue weighted by Crippen LogP contribution is -2.04. The molecule has 6 heteroatoms. The molecule has 0 saturated heterocycles. The maximum atomic E-state index is 8.94. The summed E-state index contributed by atoms with van der Waals surface area (Å²) in [5.41, 5.74) is 2.36. The van der Waals surface area contributed by atoms with E-state index >= 15 is 0 Å². The molecule has 3 aromatic rings. The lowest BCUT2D eigenvalue weighted by atomic mass is 10.3. The average Bonchev–Trinajstić information content (AvgIpc) is 2.89. The molecule has 0 fully saturated rings. The van der Waals surface area contributed by atoms with Crippen LogP contribution in [0.15, 0.2) is 42.9 Å². The summed E-state index contributed by atoms with van der Waals surface area (Å²) in [5, 5.41) is 12.7. The third-order valence-electron chi connectivity index (χ3n) is 2.89. The van der Waals surface area contributed by atoms with Crippen molar-refractivity contribution < 1.29 is 0 Å². The van der Waals surface area contributed by atoms with Gasteiger partial charge in [0.1, 0.15) is 17.5 Å². The molecule has 0 bridgehead atoms. The van der Waals surface area contributed by atoms with E-state index in [0.29, 0.717) is 17.1 Å². The van der Waals surface area contributed by atoms with Crippen molar-refractivity contribution in [2.75, 3.05) is 5.32 Å². The van der Waals surface area contributed by atoms with Gasteiger partial charge in [-0.15, -0.1) is 0 Å². The van der Waals surface area contributed by atoms with Gasteiger partial charge in [0.15, 0.2) is 0 Å². The first-order valence-electron chi connectivity index (χ1n) is 5.98. The molecule has 0 atom stereocenters. The van der Waals surface area contributed by atoms with Crippen molar-refractivity contribution in [1.82, 2.24) is 14.4 Å². The summed E-state index contributed by atoms with van der Waals surface area (Å²) < 4.78 is 1.89. The highest BCUT2D eigenvalue weighted by molar-refractivity contribution is 6.30. The minimum absolute atomic E-state index is 0.560. The van der Waals surface area contributed by atoms with Crippen molar-refractivity contribution in [1.29, 1.82) is 5.26 Å². The van der Waals surface area contributed by atoms with E-state index in [4.69, 9.17) is 16.9 Å². The average molecular weight is 284 g/mol. The highest BCUT2D eigenvalue weighted by Crippen LogP contribution is 2.13. The van der Waals surface area contributed by atoms with E-state index in [9.17, 15) is 0 Å². The fourth-order valence-corrected chi connectivity index (χ4v) is 2.00. The molecule has 98 valence electrons. The normalized spacial score (nSPS) is 10.4. The Hall–Kier alpha value is -2.58. The third-order valence-corrected chi connectivity index (χ3v) is 3.11. The van der Waals surface area contributed by atoms with Gasteiger partial charge in [0.25, 0.3) is 0 Å². The molecule has 3 rings (SSSR count). The predicted molar refractivity (Wildman–Crippen MR) is 76.5 cm³/mol. The van der Waals surface area contributed by atoms with Crippen molar-refractivity contribution in [2.24, 2.45) is 0 Å². The second-order valence-electron chi connectivity index (χ2n) is 4.22. The van der Waals surface area contributed by atoms with E-state index in [0.717, 1.165) is 17.2 Å². The van der Waals surface area contributed by atoms with E-state index in [1.807, 2.05) is 16.5 Å². The molecule has 0 aliphatic heterocycles. The lowest BCUT2D eigenvalue weighted by molar-refractivity contribution is 0.991. The van der Waals surface area contributed by atoms with Crippen molar-refractivity contribution in [3.63, 3.8) is 0 Å². The van der Waals surface area contributed by atoms with Crippen LogP contribution in [0.1, 0.15) is 11.3 Å². The van der Waals surface area contributed by atoms with Crippen LogP contribution in [-0.4, -0.2) is 14.4 Å². The molecule has 0 amide bonds. The number of rotatable bonds is 3. The Morgan fingerprint density at radius 1 is 1.20 bits per heavy atom. The van der Waals surface area contributed by atoms with E-state index < -0.39 is 0 Å². The van der Waals surface area contributed by atoms with Gasteiger partial charge in [0.05, 0.1) is 29.0 Å². The minimum atomic E-state index is 0.560. The van der Waals surface area contributed by atoms with Gasteiger partial charge in [-0.2, -0.15) is 5.26 Å². The second kappa shape index (κ2) is 5.19. The van der Waals surface area contributed by atoms with Crippen LogP contribution in [0.5, 0.6) is 0 Å². The second-order valence-corrected chi connectivity index (χ2v) is 4.66. The van der Waals surface area contributed by atoms with Crippen LogP contribution in [0, 0.1) is 11.3 Å². The van der Waals surface area contributed by atoms with E-state index in [2.05, 4.69) is 21.4 Å².